The van der Waals surface area contributed by atoms with Crippen LogP contribution in [0.2, 0.25) is 0 Å². The van der Waals surface area contributed by atoms with Crippen LogP contribution in [-0.4, -0.2) is 63.3 Å². The van der Waals surface area contributed by atoms with E-state index in [0.717, 1.165) is 11.8 Å². The highest BCUT2D eigenvalue weighted by Crippen LogP contribution is 2.28. The molecule has 2 unspecified atom stereocenters. The topological polar surface area (TPSA) is 0 Å². The number of unbranched alkanes of at least 4 members (excludes halogenated alkanes) is 1. The minimum Gasteiger partial charge on any atom is -1.00 e. The van der Waals surface area contributed by atoms with Crippen LogP contribution in [0.4, 0.5) is 0 Å². The third kappa shape index (κ3) is 7.09. The molecule has 2 rings (SSSR count). The number of nitrogens with zero attached hydrogens (tertiary/aromatic N) is 2. The molecular formula is C16H34I2N2. The van der Waals surface area contributed by atoms with Gasteiger partial charge in [-0.05, 0) is 12.8 Å². The van der Waals surface area contributed by atoms with Crippen LogP contribution in [0.15, 0.2) is 0 Å². The Balaban J connectivity index is 0.00000180. The van der Waals surface area contributed by atoms with E-state index in [1.54, 1.807) is 0 Å². The van der Waals surface area contributed by atoms with Gasteiger partial charge in [0.2, 0.25) is 0 Å². The molecule has 2 aliphatic heterocycles. The fourth-order valence-electron chi connectivity index (χ4n) is 4.16. The van der Waals surface area contributed by atoms with Crippen molar-refractivity contribution in [3.05, 3.63) is 0 Å². The number of halogens is 2. The largest absolute Gasteiger partial charge is 1.00 e. The predicted octanol–water partition coefficient (Wildman–Crippen LogP) is -3.25. The molecule has 0 aromatic carbocycles. The Labute approximate surface area is 160 Å². The molecule has 2 saturated heterocycles. The van der Waals surface area contributed by atoms with Crippen LogP contribution in [0.3, 0.4) is 0 Å². The van der Waals surface area contributed by atoms with E-state index >= 15 is 0 Å². The van der Waals surface area contributed by atoms with Crippen LogP contribution >= 0.6 is 0 Å². The van der Waals surface area contributed by atoms with Crippen LogP contribution in [-0.2, 0) is 0 Å². The third-order valence-corrected chi connectivity index (χ3v) is 5.26. The zero-order valence-electron chi connectivity index (χ0n) is 13.9. The first-order valence-corrected chi connectivity index (χ1v) is 8.00. The van der Waals surface area contributed by atoms with Crippen LogP contribution < -0.4 is 48.0 Å². The first kappa shape index (κ1) is 21.4. The zero-order chi connectivity index (χ0) is 13.2. The molecule has 20 heavy (non-hydrogen) atoms. The monoisotopic (exact) mass is 508 g/mol. The highest BCUT2D eigenvalue weighted by Gasteiger charge is 2.31. The smallest absolute Gasteiger partial charge is 0.0813 e. The van der Waals surface area contributed by atoms with E-state index in [4.69, 9.17) is 0 Å². The standard InChI is InChI=1S/C16H34N2.2HI/c1-17(2)11-9-15(13-17)7-5-6-8-16-10-12-18(3,4)14-16;;/h15-16H,5-14H2,1-4H3;2*1H/q+2;;/p-2. The number of likely N-dealkylation sites (tertiary alicyclic amines) is 2. The lowest BCUT2D eigenvalue weighted by atomic mass is 9.96. The van der Waals surface area contributed by atoms with Gasteiger partial charge in [0.1, 0.15) is 0 Å². The van der Waals surface area contributed by atoms with Gasteiger partial charge in [0, 0.05) is 24.7 Å². The van der Waals surface area contributed by atoms with Gasteiger partial charge in [-0.25, -0.2) is 0 Å². The number of hydrogen-bond acceptors (Lipinski definition) is 0. The van der Waals surface area contributed by atoms with Crippen molar-refractivity contribution >= 4 is 0 Å². The second-order valence-electron chi connectivity index (χ2n) is 8.28. The Morgan fingerprint density at radius 3 is 1.30 bits per heavy atom. The molecule has 2 heterocycles. The van der Waals surface area contributed by atoms with Crippen LogP contribution in [0.1, 0.15) is 38.5 Å². The van der Waals surface area contributed by atoms with Crippen LogP contribution in [0.25, 0.3) is 0 Å². The summed E-state index contributed by atoms with van der Waals surface area (Å²) in [5.74, 6) is 2.05. The lowest BCUT2D eigenvalue weighted by molar-refractivity contribution is -0.879. The average molecular weight is 508 g/mol. The lowest BCUT2D eigenvalue weighted by Gasteiger charge is -2.23. The fourth-order valence-corrected chi connectivity index (χ4v) is 4.16. The molecule has 0 aromatic heterocycles. The maximum absolute atomic E-state index is 2.39. The molecule has 4 heteroatoms. The maximum Gasteiger partial charge on any atom is 0.0813 e. The molecule has 0 aromatic rings. The molecule has 2 aliphatic rings. The molecule has 2 fully saturated rings. The van der Waals surface area contributed by atoms with Crippen molar-refractivity contribution in [1.82, 2.24) is 0 Å². The molecule has 0 aliphatic carbocycles. The van der Waals surface area contributed by atoms with Gasteiger partial charge in [-0.2, -0.15) is 0 Å². The van der Waals surface area contributed by atoms with Gasteiger partial charge >= 0.3 is 0 Å². The Hall–Kier alpha value is 1.38. The van der Waals surface area contributed by atoms with Gasteiger partial charge in [-0.3, -0.25) is 0 Å². The Morgan fingerprint density at radius 1 is 0.700 bits per heavy atom. The van der Waals surface area contributed by atoms with Crippen molar-refractivity contribution in [2.24, 2.45) is 11.8 Å². The molecule has 0 amide bonds. The molecule has 2 nitrogen and oxygen atoms in total. The molecule has 0 N–H and O–H groups in total. The molecule has 0 bridgehead atoms. The molecule has 0 radical (unpaired) electrons. The van der Waals surface area contributed by atoms with Crippen molar-refractivity contribution in [2.45, 2.75) is 38.5 Å². The van der Waals surface area contributed by atoms with Crippen molar-refractivity contribution in [1.29, 1.82) is 0 Å². The molecular weight excluding hydrogens is 474 g/mol. The summed E-state index contributed by atoms with van der Waals surface area (Å²) in [7, 11) is 9.55. The maximum atomic E-state index is 2.39. The van der Waals surface area contributed by atoms with Gasteiger partial charge in [0.05, 0.1) is 54.4 Å². The van der Waals surface area contributed by atoms with Crippen molar-refractivity contribution in [3.63, 3.8) is 0 Å². The quantitative estimate of drug-likeness (QED) is 0.208. The SMILES string of the molecule is C[N+]1(C)CCC(CCCCC2CC[N+](C)(C)C2)C1.[I-].[I-]. The van der Waals surface area contributed by atoms with E-state index in [9.17, 15) is 0 Å². The first-order valence-electron chi connectivity index (χ1n) is 8.00. The van der Waals surface area contributed by atoms with Gasteiger partial charge < -0.3 is 56.9 Å². The highest BCUT2D eigenvalue weighted by molar-refractivity contribution is 4.68. The normalized spacial score (nSPS) is 30.6. The highest BCUT2D eigenvalue weighted by atomic mass is 127. The summed E-state index contributed by atoms with van der Waals surface area (Å²) in [5.41, 5.74) is 0. The summed E-state index contributed by atoms with van der Waals surface area (Å²) >= 11 is 0. The Kier molecular flexibility index (Phi) is 9.48. The summed E-state index contributed by atoms with van der Waals surface area (Å²) in [5, 5.41) is 0. The van der Waals surface area contributed by atoms with Gasteiger partial charge in [0.15, 0.2) is 0 Å². The summed E-state index contributed by atoms with van der Waals surface area (Å²) in [4.78, 5) is 0. The molecule has 0 saturated carbocycles. The van der Waals surface area contributed by atoms with E-state index < -0.39 is 0 Å². The summed E-state index contributed by atoms with van der Waals surface area (Å²) in [6, 6.07) is 0. The minimum atomic E-state index is 0. The zero-order valence-corrected chi connectivity index (χ0v) is 18.2. The number of hydrogen-bond donors (Lipinski definition) is 0. The van der Waals surface area contributed by atoms with E-state index in [1.165, 1.54) is 73.7 Å². The predicted molar refractivity (Wildman–Crippen MR) is 78.4 cm³/mol. The van der Waals surface area contributed by atoms with E-state index in [2.05, 4.69) is 28.2 Å². The average Bonchev–Trinajstić information content (AvgIpc) is 2.76. The molecule has 0 spiro atoms. The van der Waals surface area contributed by atoms with Crippen molar-refractivity contribution in [2.75, 3.05) is 54.4 Å². The number of quaternary nitrogens is 2. The number of rotatable bonds is 5. The van der Waals surface area contributed by atoms with E-state index in [0.29, 0.717) is 0 Å². The summed E-state index contributed by atoms with van der Waals surface area (Å²) < 4.78 is 2.53. The van der Waals surface area contributed by atoms with E-state index in [1.807, 2.05) is 0 Å². The Bertz CT molecular complexity index is 252. The van der Waals surface area contributed by atoms with Gasteiger partial charge in [0.25, 0.3) is 0 Å². The molecule has 2 atom stereocenters. The van der Waals surface area contributed by atoms with Crippen molar-refractivity contribution < 1.29 is 56.9 Å². The van der Waals surface area contributed by atoms with Gasteiger partial charge in [-0.1, -0.05) is 12.8 Å². The fraction of sp³-hybridized carbons (Fsp3) is 1.00. The molecule has 122 valence electrons. The summed E-state index contributed by atoms with van der Waals surface area (Å²) in [6.45, 7) is 5.65. The van der Waals surface area contributed by atoms with Crippen molar-refractivity contribution in [3.8, 4) is 0 Å². The third-order valence-electron chi connectivity index (χ3n) is 5.26. The van der Waals surface area contributed by atoms with Crippen LogP contribution in [0, 0.1) is 11.8 Å². The van der Waals surface area contributed by atoms with E-state index in [-0.39, 0.29) is 48.0 Å². The minimum absolute atomic E-state index is 0. The van der Waals surface area contributed by atoms with Gasteiger partial charge in [-0.15, -0.1) is 0 Å². The van der Waals surface area contributed by atoms with Crippen LogP contribution in [0.5, 0.6) is 0 Å². The summed E-state index contributed by atoms with van der Waals surface area (Å²) in [6.07, 6.45) is 8.89. The second-order valence-corrected chi connectivity index (χ2v) is 8.28. The first-order chi connectivity index (χ1) is 8.36. The lowest BCUT2D eigenvalue weighted by Crippen LogP contribution is -3.00. The second kappa shape index (κ2) is 8.87. The Morgan fingerprint density at radius 2 is 1.05 bits per heavy atom.